The third kappa shape index (κ3) is 2.15. The maximum absolute atomic E-state index is 14.3. The summed E-state index contributed by atoms with van der Waals surface area (Å²) in [5.74, 6) is -9.12. The summed E-state index contributed by atoms with van der Waals surface area (Å²) < 4.78 is 12.5. The van der Waals surface area contributed by atoms with E-state index < -0.39 is 57.0 Å². The van der Waals surface area contributed by atoms with Crippen molar-refractivity contribution in [3.63, 3.8) is 0 Å². The summed E-state index contributed by atoms with van der Waals surface area (Å²) in [5.41, 5.74) is -7.52. The summed E-state index contributed by atoms with van der Waals surface area (Å²) in [6.45, 7) is 9.48. The van der Waals surface area contributed by atoms with Gasteiger partial charge in [-0.15, -0.1) is 0 Å². The molecular weight excluding hydrogens is 464 g/mol. The Morgan fingerprint density at radius 3 is 1.33 bits per heavy atom. The number of carbonyl (C=O) groups excluding carboxylic acids is 2. The zero-order valence-corrected chi connectivity index (χ0v) is 21.2. The molecule has 3 aliphatic carbocycles. The van der Waals surface area contributed by atoms with Crippen LogP contribution in [0.2, 0.25) is 0 Å². The van der Waals surface area contributed by atoms with Crippen LogP contribution in [0.25, 0.3) is 0 Å². The second kappa shape index (κ2) is 6.95. The molecule has 8 atom stereocenters. The zero-order chi connectivity index (χ0) is 26.7. The summed E-state index contributed by atoms with van der Waals surface area (Å²) in [5, 5.41) is 46.6. The molecule has 0 aromatic heterocycles. The Morgan fingerprint density at radius 1 is 0.694 bits per heavy atom. The van der Waals surface area contributed by atoms with Crippen molar-refractivity contribution in [2.75, 3.05) is 0 Å². The first-order chi connectivity index (χ1) is 16.7. The highest BCUT2D eigenvalue weighted by Crippen LogP contribution is 2.83. The maximum atomic E-state index is 14.3. The van der Waals surface area contributed by atoms with E-state index in [9.17, 15) is 30.0 Å². The lowest BCUT2D eigenvalue weighted by atomic mass is 9.39. The molecule has 8 bridgehead atoms. The predicted molar refractivity (Wildman–Crippen MR) is 129 cm³/mol. The van der Waals surface area contributed by atoms with E-state index in [2.05, 4.69) is 0 Å². The molecule has 0 spiro atoms. The molecule has 2 heterocycles. The molecule has 5 rings (SSSR count). The number of ketones is 2. The van der Waals surface area contributed by atoms with E-state index in [0.717, 1.165) is 0 Å². The van der Waals surface area contributed by atoms with Gasteiger partial charge >= 0.3 is 0 Å². The second-order valence-corrected chi connectivity index (χ2v) is 11.0. The standard InChI is InChI=1S/C28H32O8/c1-7-9-11-13-15(29)17-19-23(3)22(32)18(16(30)14-12-10-8-2)20-24(4,21(17)31)28(34)25(19,5)35-27(23,33)26(20,6)36-28/h7-14,19-20,29-30,33-34H,1-6H3/b9-7+,10-8+,13-11+,14-12+,17-15+,18-16+/t19?,20?,23-,24-,25+,26+,27-,28-/m1/s1. The molecule has 2 unspecified atom stereocenters. The van der Waals surface area contributed by atoms with Gasteiger partial charge in [-0.3, -0.25) is 9.59 Å². The average Bonchev–Trinajstić information content (AvgIpc) is 3.12. The highest BCUT2D eigenvalue weighted by atomic mass is 16.8. The maximum Gasteiger partial charge on any atom is 0.210 e. The molecule has 0 aromatic carbocycles. The van der Waals surface area contributed by atoms with E-state index in [1.807, 2.05) is 0 Å². The van der Waals surface area contributed by atoms with Crippen molar-refractivity contribution >= 4 is 11.6 Å². The molecule has 8 heteroatoms. The Bertz CT molecular complexity index is 1190. The first-order valence-electron chi connectivity index (χ1n) is 12.1. The van der Waals surface area contributed by atoms with Crippen molar-refractivity contribution in [1.29, 1.82) is 0 Å². The van der Waals surface area contributed by atoms with E-state index in [-0.39, 0.29) is 22.7 Å². The summed E-state index contributed by atoms with van der Waals surface area (Å²) in [6.07, 6.45) is 12.6. The molecule has 0 aromatic rings. The van der Waals surface area contributed by atoms with E-state index in [0.29, 0.717) is 0 Å². The lowest BCUT2D eigenvalue weighted by Crippen LogP contribution is -2.74. The minimum Gasteiger partial charge on any atom is -0.508 e. The third-order valence-electron chi connectivity index (χ3n) is 9.41. The van der Waals surface area contributed by atoms with Gasteiger partial charge in [0, 0.05) is 23.0 Å². The van der Waals surface area contributed by atoms with Gasteiger partial charge < -0.3 is 29.9 Å². The number of carbonyl (C=O) groups is 2. The Hall–Kier alpha value is -2.78. The van der Waals surface area contributed by atoms with Crippen LogP contribution in [0.4, 0.5) is 0 Å². The molecule has 2 saturated heterocycles. The normalized spacial score (nSPS) is 51.8. The minimum absolute atomic E-state index is 0.113. The lowest BCUT2D eigenvalue weighted by Gasteiger charge is -2.58. The Morgan fingerprint density at radius 2 is 1.03 bits per heavy atom. The van der Waals surface area contributed by atoms with Crippen LogP contribution >= 0.6 is 0 Å². The lowest BCUT2D eigenvalue weighted by molar-refractivity contribution is -0.450. The van der Waals surface area contributed by atoms with Gasteiger partial charge in [0.2, 0.25) is 11.6 Å². The van der Waals surface area contributed by atoms with Crippen LogP contribution in [-0.2, 0) is 19.1 Å². The van der Waals surface area contributed by atoms with Gasteiger partial charge in [-0.05, 0) is 53.7 Å². The van der Waals surface area contributed by atoms with Crippen LogP contribution in [0.5, 0.6) is 0 Å². The SMILES string of the molecule is C/C=C/C=C/C(O)=C1\C(=O)[C@@]2(C)C3/C(=C(O)/C=C/C=C/C)C(=O)[C@@]4(C)C1[C@]1(C)O[C@@]4(O)[C@@]3(C)O[C@@]12O. The van der Waals surface area contributed by atoms with E-state index in [1.54, 1.807) is 50.3 Å². The van der Waals surface area contributed by atoms with Crippen molar-refractivity contribution < 1.29 is 39.5 Å². The number of ether oxygens (including phenoxy) is 2. The van der Waals surface area contributed by atoms with Gasteiger partial charge in [0.1, 0.15) is 22.7 Å². The number of aliphatic hydroxyl groups is 4. The smallest absolute Gasteiger partial charge is 0.210 e. The van der Waals surface area contributed by atoms with E-state index in [1.165, 1.54) is 39.8 Å². The Kier molecular flexibility index (Phi) is 4.81. The fourth-order valence-corrected chi connectivity index (χ4v) is 7.94. The molecule has 8 nitrogen and oxygen atoms in total. The van der Waals surface area contributed by atoms with Gasteiger partial charge in [-0.1, -0.05) is 36.5 Å². The molecule has 5 aliphatic rings. The monoisotopic (exact) mass is 496 g/mol. The van der Waals surface area contributed by atoms with Gasteiger partial charge in [0.15, 0.2) is 11.6 Å². The zero-order valence-electron chi connectivity index (χ0n) is 21.2. The van der Waals surface area contributed by atoms with Crippen LogP contribution in [0.1, 0.15) is 41.5 Å². The summed E-state index contributed by atoms with van der Waals surface area (Å²) >= 11 is 0. The highest BCUT2D eigenvalue weighted by molar-refractivity contribution is 6.13. The van der Waals surface area contributed by atoms with Gasteiger partial charge in [-0.2, -0.15) is 0 Å². The van der Waals surface area contributed by atoms with Crippen molar-refractivity contribution in [2.24, 2.45) is 22.7 Å². The first-order valence-corrected chi connectivity index (χ1v) is 12.1. The molecule has 192 valence electrons. The van der Waals surface area contributed by atoms with Gasteiger partial charge in [0.05, 0.1) is 10.8 Å². The molecular formula is C28H32O8. The van der Waals surface area contributed by atoms with Gasteiger partial charge in [0.25, 0.3) is 0 Å². The molecule has 36 heavy (non-hydrogen) atoms. The summed E-state index contributed by atoms with van der Waals surface area (Å²) in [7, 11) is 0. The van der Waals surface area contributed by atoms with E-state index in [4.69, 9.17) is 9.47 Å². The molecule has 3 saturated carbocycles. The molecule has 4 N–H and O–H groups in total. The Balaban J connectivity index is 1.93. The van der Waals surface area contributed by atoms with Crippen LogP contribution < -0.4 is 0 Å². The van der Waals surface area contributed by atoms with Crippen molar-refractivity contribution in [2.45, 2.75) is 64.3 Å². The first kappa shape index (κ1) is 24.9. The number of rotatable bonds is 4. The number of aliphatic hydroxyl groups excluding tert-OH is 2. The predicted octanol–water partition coefficient (Wildman–Crippen LogP) is 3.25. The van der Waals surface area contributed by atoms with Crippen LogP contribution in [0, 0.1) is 22.7 Å². The number of Topliss-reactive ketones (excluding diaryl/α,β-unsaturated/α-hetero) is 2. The molecule has 0 radical (unpaired) electrons. The van der Waals surface area contributed by atoms with Crippen molar-refractivity contribution in [3.05, 3.63) is 71.3 Å². The fraction of sp³-hybridized carbons (Fsp3) is 0.500. The van der Waals surface area contributed by atoms with Crippen LogP contribution in [-0.4, -0.2) is 54.8 Å². The van der Waals surface area contributed by atoms with Gasteiger partial charge in [-0.25, -0.2) is 0 Å². The molecule has 0 amide bonds. The minimum atomic E-state index is -2.26. The van der Waals surface area contributed by atoms with Crippen LogP contribution in [0.15, 0.2) is 71.3 Å². The van der Waals surface area contributed by atoms with Crippen molar-refractivity contribution in [1.82, 2.24) is 0 Å². The number of allylic oxidation sites excluding steroid dienone is 8. The largest absolute Gasteiger partial charge is 0.508 e. The topological polar surface area (TPSA) is 134 Å². The Labute approximate surface area is 209 Å². The summed E-state index contributed by atoms with van der Waals surface area (Å²) in [4.78, 5) is 28.7. The third-order valence-corrected chi connectivity index (χ3v) is 9.41. The second-order valence-electron chi connectivity index (χ2n) is 11.0. The number of hydrogen-bond donors (Lipinski definition) is 4. The molecule has 2 aliphatic heterocycles. The summed E-state index contributed by atoms with van der Waals surface area (Å²) in [6, 6.07) is 0. The quantitative estimate of drug-likeness (QED) is 0.265. The van der Waals surface area contributed by atoms with Crippen LogP contribution in [0.3, 0.4) is 0 Å². The fourth-order valence-electron chi connectivity index (χ4n) is 7.94. The van der Waals surface area contributed by atoms with E-state index >= 15 is 0 Å². The molecule has 5 fully saturated rings. The van der Waals surface area contributed by atoms with Crippen molar-refractivity contribution in [3.8, 4) is 0 Å². The highest BCUT2D eigenvalue weighted by Gasteiger charge is 2.99. The number of hydrogen-bond acceptors (Lipinski definition) is 8. The average molecular weight is 497 g/mol.